The molecule has 15 heterocycles. The number of nitrogens with zero attached hydrogens (tertiary/aromatic N) is 10. The molecular formula is C101H97N10O5+5. The number of benzene rings is 5. The van der Waals surface area contributed by atoms with Gasteiger partial charge in [-0.3, -0.25) is 0 Å². The third-order valence-corrected chi connectivity index (χ3v) is 22.6. The van der Waals surface area contributed by atoms with Gasteiger partial charge in [-0.25, -0.2) is 47.8 Å². The van der Waals surface area contributed by atoms with Gasteiger partial charge >= 0.3 is 0 Å². The van der Waals surface area contributed by atoms with Crippen molar-refractivity contribution in [2.75, 3.05) is 0 Å². The summed E-state index contributed by atoms with van der Waals surface area (Å²) in [5.41, 5.74) is 34.0. The summed E-state index contributed by atoms with van der Waals surface area (Å²) in [5.74, 6) is 0.999. The van der Waals surface area contributed by atoms with Crippen LogP contribution >= 0.6 is 0 Å². The van der Waals surface area contributed by atoms with E-state index in [1.54, 1.807) is 18.6 Å². The summed E-state index contributed by atoms with van der Waals surface area (Å²) >= 11 is 0. The zero-order valence-electron chi connectivity index (χ0n) is 69.6. The molecule has 0 radical (unpaired) electrons. The fraction of sp³-hybridized carbons (Fsp3) is 0.208. The van der Waals surface area contributed by atoms with Crippen molar-refractivity contribution in [2.24, 2.45) is 35.2 Å². The maximum absolute atomic E-state index is 6.17. The molecule has 0 aliphatic carbocycles. The van der Waals surface area contributed by atoms with Crippen molar-refractivity contribution < 1.29 is 44.9 Å². The van der Waals surface area contributed by atoms with E-state index in [4.69, 9.17) is 22.1 Å². The van der Waals surface area contributed by atoms with Gasteiger partial charge in [-0.05, 0) is 198 Å². The quantitative estimate of drug-likeness (QED) is 0.141. The molecule has 15 heteroatoms. The zero-order chi connectivity index (χ0) is 81.2. The van der Waals surface area contributed by atoms with E-state index in [-0.39, 0.29) is 0 Å². The van der Waals surface area contributed by atoms with Crippen LogP contribution in [0.2, 0.25) is 0 Å². The topological polar surface area (TPSA) is 150 Å². The van der Waals surface area contributed by atoms with Gasteiger partial charge in [-0.2, -0.15) is 0 Å². The number of rotatable bonds is 7. The predicted octanol–water partition coefficient (Wildman–Crippen LogP) is 22.7. The second kappa shape index (κ2) is 31.2. The lowest BCUT2D eigenvalue weighted by atomic mass is 9.97. The highest BCUT2D eigenvalue weighted by atomic mass is 16.4. The van der Waals surface area contributed by atoms with Crippen molar-refractivity contribution in [1.29, 1.82) is 0 Å². The van der Waals surface area contributed by atoms with Crippen molar-refractivity contribution in [3.8, 4) is 56.3 Å². The van der Waals surface area contributed by atoms with E-state index in [2.05, 4.69) is 343 Å². The highest BCUT2D eigenvalue weighted by Gasteiger charge is 2.28. The first-order valence-corrected chi connectivity index (χ1v) is 39.7. The molecule has 0 saturated heterocycles. The van der Waals surface area contributed by atoms with E-state index >= 15 is 0 Å². The van der Waals surface area contributed by atoms with Crippen LogP contribution in [-0.4, -0.2) is 24.9 Å². The van der Waals surface area contributed by atoms with Gasteiger partial charge in [0, 0.05) is 143 Å². The number of hydrogen-bond donors (Lipinski definition) is 0. The summed E-state index contributed by atoms with van der Waals surface area (Å²) in [6.07, 6.45) is 16.0. The van der Waals surface area contributed by atoms with Gasteiger partial charge in [0.2, 0.25) is 57.0 Å². The van der Waals surface area contributed by atoms with Gasteiger partial charge in [0.25, 0.3) is 0 Å². The van der Waals surface area contributed by atoms with Gasteiger partial charge in [-0.15, -0.1) is 0 Å². The predicted molar refractivity (Wildman–Crippen MR) is 466 cm³/mol. The molecule has 0 fully saturated rings. The van der Waals surface area contributed by atoms with E-state index < -0.39 is 0 Å². The number of aryl methyl sites for hydroxylation is 15. The first-order valence-electron chi connectivity index (χ1n) is 39.7. The molecule has 0 bridgehead atoms. The smallest absolute Gasteiger partial charge is 0.227 e. The van der Waals surface area contributed by atoms with Crippen LogP contribution in [0.5, 0.6) is 0 Å². The van der Waals surface area contributed by atoms with Gasteiger partial charge < -0.3 is 22.1 Å². The Bertz CT molecular complexity index is 7250. The van der Waals surface area contributed by atoms with Crippen LogP contribution in [0.3, 0.4) is 0 Å². The highest BCUT2D eigenvalue weighted by Crippen LogP contribution is 2.43. The first kappa shape index (κ1) is 76.6. The normalized spacial score (nSPS) is 11.6. The lowest BCUT2D eigenvalue weighted by molar-refractivity contribution is -0.660. The van der Waals surface area contributed by atoms with Crippen LogP contribution in [0.25, 0.3) is 167 Å². The van der Waals surface area contributed by atoms with E-state index in [1.807, 2.05) is 50.2 Å². The Morgan fingerprint density at radius 2 is 0.612 bits per heavy atom. The van der Waals surface area contributed by atoms with Gasteiger partial charge in [0.1, 0.15) is 35.2 Å². The monoisotopic (exact) mass is 1530 g/mol. The van der Waals surface area contributed by atoms with Gasteiger partial charge in [-0.1, -0.05) is 88.4 Å². The average molecular weight is 1530 g/mol. The van der Waals surface area contributed by atoms with E-state index in [1.165, 1.54) is 61.3 Å². The van der Waals surface area contributed by atoms with Crippen LogP contribution < -0.4 is 22.8 Å². The maximum atomic E-state index is 6.17. The minimum absolute atomic E-state index is 0.488. The molecule has 0 amide bonds. The Kier molecular flexibility index (Phi) is 20.6. The molecular weight excluding hydrogens is 1430 g/mol. The number of hydrogen-bond acceptors (Lipinski definition) is 10. The van der Waals surface area contributed by atoms with Gasteiger partial charge in [0.15, 0.2) is 58.9 Å². The summed E-state index contributed by atoms with van der Waals surface area (Å²) in [6, 6.07) is 63.4. The Balaban J connectivity index is 0.000000109. The molecule has 0 aliphatic rings. The van der Waals surface area contributed by atoms with Crippen molar-refractivity contribution in [1.82, 2.24) is 24.9 Å². The summed E-state index contributed by atoms with van der Waals surface area (Å²) in [4.78, 5) is 22.2. The first-order chi connectivity index (χ1) is 55.9. The van der Waals surface area contributed by atoms with Crippen LogP contribution in [-0.2, 0) is 35.2 Å². The molecule has 116 heavy (non-hydrogen) atoms. The third-order valence-electron chi connectivity index (χ3n) is 22.6. The zero-order valence-corrected chi connectivity index (χ0v) is 69.6. The van der Waals surface area contributed by atoms with E-state index in [9.17, 15) is 0 Å². The maximum Gasteiger partial charge on any atom is 0.227 e. The standard InChI is InChI=1S/2C21H21N2O.2C20H19N2O.C19H17N2O/c1-13(2)15-8-10-18(23(4)12-15)19-14(3)7-9-16-17-6-5-11-22-21(17)24-20(16)19;1-13(2)15-9-11-23(4)18(12-15)19-14(3)7-8-16-17-6-5-10-22-21(17)24-20(16)19;1-12-9-10-22(4)17(11-12)18-13(2)5-7-15-16-8-6-14(3)21-20(16)23-19(15)18;1-12-7-8-15-16-6-5-9-21-20(16)23-19(15)18(12)17-10-13(2)14(3)11-22(17)4;1-12-7-9-14-15-10-8-13(2)20-19(15)22-18(14)17(12)16-6-4-5-11-21(16)3/h2*5-13H,1-4H3;2*5-11H,1-4H3;4-11H,1-3H3/q5*+1. The molecule has 0 atom stereocenters. The lowest BCUT2D eigenvalue weighted by Crippen LogP contribution is -2.31. The summed E-state index contributed by atoms with van der Waals surface area (Å²) in [5, 5.41) is 10.9. The van der Waals surface area contributed by atoms with Crippen LogP contribution in [0.15, 0.2) is 254 Å². The van der Waals surface area contributed by atoms with Crippen LogP contribution in [0, 0.1) is 69.2 Å². The van der Waals surface area contributed by atoms with Crippen molar-refractivity contribution in [3.63, 3.8) is 0 Å². The van der Waals surface area contributed by atoms with Crippen molar-refractivity contribution in [2.45, 2.75) is 109 Å². The van der Waals surface area contributed by atoms with Crippen LogP contribution in [0.4, 0.5) is 0 Å². The molecule has 15 aromatic heterocycles. The molecule has 5 aromatic carbocycles. The number of aromatic nitrogens is 10. The van der Waals surface area contributed by atoms with E-state index in [0.717, 1.165) is 144 Å². The second-order valence-electron chi connectivity index (χ2n) is 31.6. The molecule has 20 rings (SSSR count). The molecule has 0 N–H and O–H groups in total. The highest BCUT2D eigenvalue weighted by molar-refractivity contribution is 6.13. The van der Waals surface area contributed by atoms with Crippen molar-refractivity contribution in [3.05, 3.63) is 299 Å². The molecule has 0 saturated carbocycles. The molecule has 0 unspecified atom stereocenters. The summed E-state index contributed by atoms with van der Waals surface area (Å²) in [6.45, 7) is 29.9. The van der Waals surface area contributed by atoms with Gasteiger partial charge in [0.05, 0.1) is 27.8 Å². The fourth-order valence-electron chi connectivity index (χ4n) is 16.0. The lowest BCUT2D eigenvalue weighted by Gasteiger charge is -2.09. The van der Waals surface area contributed by atoms with E-state index in [0.29, 0.717) is 40.4 Å². The van der Waals surface area contributed by atoms with Crippen molar-refractivity contribution >= 4 is 110 Å². The fourth-order valence-corrected chi connectivity index (χ4v) is 16.0. The second-order valence-corrected chi connectivity index (χ2v) is 31.6. The molecule has 0 spiro atoms. The molecule has 576 valence electrons. The number of fused-ring (bicyclic) bond motifs is 15. The van der Waals surface area contributed by atoms with Crippen LogP contribution in [0.1, 0.15) is 107 Å². The molecule has 0 aliphatic heterocycles. The minimum atomic E-state index is 0.488. The Morgan fingerprint density at radius 3 is 1.03 bits per heavy atom. The summed E-state index contributed by atoms with van der Waals surface area (Å²) in [7, 11) is 10.4. The largest absolute Gasteiger partial charge is 0.437 e. The number of furan rings is 5. The Labute approximate surface area is 675 Å². The number of pyridine rings is 10. The molecule has 15 nitrogen and oxygen atoms in total. The third kappa shape index (κ3) is 14.3. The summed E-state index contributed by atoms with van der Waals surface area (Å²) < 4.78 is 41.5. The SMILES string of the molecule is Cc1cc(-c2c(C)ccc3c2oc2ncccc23)[n+](C)cc1C.Cc1cc[n+](C)c(-c2c(C)ccc3c2oc2nc(C)ccc23)c1.Cc1ccc2c(n1)oc1c(-c3cccc[n+]3C)c(C)ccc12.Cc1ccc2c(oc3ncccc32)c1-c1cc(C(C)C)cc[n+]1C.Cc1ccc2c(oc3ncccc32)c1-c1ccc(C(C)C)c[n+]1C. The Hall–Kier alpha value is -13.4. The Morgan fingerprint density at radius 1 is 0.259 bits per heavy atom. The molecule has 20 aromatic rings. The average Bonchev–Trinajstić information content (AvgIpc) is 1.61. The minimum Gasteiger partial charge on any atom is -0.437 e.